The van der Waals surface area contributed by atoms with Gasteiger partial charge in [-0.05, 0) is 56.0 Å². The van der Waals surface area contributed by atoms with Crippen LogP contribution in [0.25, 0.3) is 0 Å². The number of pyridine rings is 1. The van der Waals surface area contributed by atoms with E-state index in [1.54, 1.807) is 13.2 Å². The number of nitrogens with zero attached hydrogens (tertiary/aromatic N) is 4. The van der Waals surface area contributed by atoms with Gasteiger partial charge in [0, 0.05) is 19.4 Å². The maximum Gasteiger partial charge on any atom is 0.143 e. The van der Waals surface area contributed by atoms with Gasteiger partial charge in [-0.3, -0.25) is 4.99 Å². The Balaban J connectivity index is 1.61. The fraction of sp³-hybridized carbons (Fsp3) is 0.476. The highest BCUT2D eigenvalue weighted by molar-refractivity contribution is 6.01. The third kappa shape index (κ3) is 4.49. The summed E-state index contributed by atoms with van der Waals surface area (Å²) in [5.74, 6) is 1.49. The summed E-state index contributed by atoms with van der Waals surface area (Å²) in [4.78, 5) is 12.2. The maximum absolute atomic E-state index is 10.7. The predicted molar refractivity (Wildman–Crippen MR) is 116 cm³/mol. The molecule has 3 rings (SSSR count). The van der Waals surface area contributed by atoms with Crippen LogP contribution in [0.4, 0.5) is 11.6 Å². The van der Waals surface area contributed by atoms with Gasteiger partial charge in [-0.15, -0.1) is 0 Å². The summed E-state index contributed by atoms with van der Waals surface area (Å²) in [6, 6.07) is 5.35. The molecule has 1 saturated carbocycles. The Morgan fingerprint density at radius 1 is 1.28 bits per heavy atom. The normalized spacial score (nSPS) is 24.7. The number of aromatic nitrogens is 2. The number of anilines is 1. The number of nitrogen functional groups attached to an aromatic ring is 1. The molecule has 8 nitrogen and oxygen atoms in total. The number of aryl methyl sites for hydroxylation is 1. The van der Waals surface area contributed by atoms with Crippen LogP contribution in [0, 0.1) is 5.92 Å². The topological polar surface area (TPSA) is 135 Å². The Bertz CT molecular complexity index is 861. The molecular formula is C21H30N6O2. The minimum Gasteiger partial charge on any atom is -0.390 e. The van der Waals surface area contributed by atoms with E-state index in [-0.39, 0.29) is 12.0 Å². The molecule has 29 heavy (non-hydrogen) atoms. The van der Waals surface area contributed by atoms with Crippen molar-refractivity contribution in [1.29, 1.82) is 0 Å². The third-order valence-corrected chi connectivity index (χ3v) is 5.82. The van der Waals surface area contributed by atoms with E-state index >= 15 is 0 Å². The van der Waals surface area contributed by atoms with E-state index < -0.39 is 12.2 Å². The molecule has 0 aliphatic heterocycles. The van der Waals surface area contributed by atoms with Crippen LogP contribution < -0.4 is 11.5 Å². The quantitative estimate of drug-likeness (QED) is 0.306. The van der Waals surface area contributed by atoms with Crippen molar-refractivity contribution in [2.75, 3.05) is 12.8 Å². The molecule has 8 heteroatoms. The van der Waals surface area contributed by atoms with E-state index in [1.807, 2.05) is 29.0 Å². The second kappa shape index (κ2) is 9.19. The molecule has 1 aliphatic carbocycles. The average molecular weight is 399 g/mol. The molecule has 2 heterocycles. The molecule has 2 aromatic rings. The molecular weight excluding hydrogens is 368 g/mol. The van der Waals surface area contributed by atoms with Crippen LogP contribution in [0.2, 0.25) is 0 Å². The fourth-order valence-electron chi connectivity index (χ4n) is 4.18. The standard InChI is InChI=1S/C21H30N6O2/c1-24-20(23)15-9-10-27(21(15)25-2)16-11-14(18(28)19(16)29)6-4-3-5-13-7-8-17(22)26-12-13/h7-10,12,14,16,18-19,28-29H,2-6,11H2,1H3,(H2,22,26)(H2,23,24)/t14-,16+,18+,19-/m0/s1. The van der Waals surface area contributed by atoms with Crippen LogP contribution in [-0.4, -0.2) is 51.6 Å². The Morgan fingerprint density at radius 2 is 2.07 bits per heavy atom. The van der Waals surface area contributed by atoms with Gasteiger partial charge in [0.25, 0.3) is 0 Å². The summed E-state index contributed by atoms with van der Waals surface area (Å²) in [5, 5.41) is 21.2. The van der Waals surface area contributed by atoms with Crippen LogP contribution in [0.1, 0.15) is 42.9 Å². The first kappa shape index (κ1) is 21.0. The minimum absolute atomic E-state index is 0.0280. The number of hydrogen-bond donors (Lipinski definition) is 4. The summed E-state index contributed by atoms with van der Waals surface area (Å²) in [7, 11) is 1.62. The van der Waals surface area contributed by atoms with Crippen molar-refractivity contribution < 1.29 is 10.2 Å². The van der Waals surface area contributed by atoms with Crippen molar-refractivity contribution in [3.05, 3.63) is 41.7 Å². The molecule has 1 aliphatic rings. The largest absolute Gasteiger partial charge is 0.390 e. The smallest absolute Gasteiger partial charge is 0.143 e. The van der Waals surface area contributed by atoms with Crippen LogP contribution >= 0.6 is 0 Å². The number of aliphatic hydroxyl groups excluding tert-OH is 2. The second-order valence-electron chi connectivity index (χ2n) is 7.61. The molecule has 0 saturated heterocycles. The van der Waals surface area contributed by atoms with Crippen LogP contribution in [0.3, 0.4) is 0 Å². The summed E-state index contributed by atoms with van der Waals surface area (Å²) in [6.07, 6.45) is 6.40. The van der Waals surface area contributed by atoms with Gasteiger partial charge in [-0.25, -0.2) is 9.98 Å². The summed E-state index contributed by atoms with van der Waals surface area (Å²) >= 11 is 0. The SMILES string of the molecule is C=Nc1c(/C(N)=N\C)ccn1[C@@H]1C[C@H](CCCCc2ccc(N)nc2)[C@@H](O)[C@H]1O. The molecule has 4 atom stereocenters. The molecule has 0 spiro atoms. The molecule has 0 aromatic carbocycles. The zero-order valence-corrected chi connectivity index (χ0v) is 16.8. The zero-order chi connectivity index (χ0) is 21.0. The van der Waals surface area contributed by atoms with Gasteiger partial charge in [0.15, 0.2) is 0 Å². The molecule has 0 amide bonds. The molecule has 2 aromatic heterocycles. The predicted octanol–water partition coefficient (Wildman–Crippen LogP) is 1.83. The van der Waals surface area contributed by atoms with Crippen LogP contribution in [0.5, 0.6) is 0 Å². The van der Waals surface area contributed by atoms with E-state index in [2.05, 4.69) is 21.7 Å². The summed E-state index contributed by atoms with van der Waals surface area (Å²) in [6.45, 7) is 3.63. The number of hydrogen-bond acceptors (Lipinski definition) is 6. The van der Waals surface area contributed by atoms with Gasteiger partial charge in [-0.2, -0.15) is 0 Å². The van der Waals surface area contributed by atoms with Crippen LogP contribution in [0.15, 0.2) is 40.6 Å². The van der Waals surface area contributed by atoms with E-state index in [1.165, 1.54) is 0 Å². The Morgan fingerprint density at radius 3 is 2.72 bits per heavy atom. The second-order valence-corrected chi connectivity index (χ2v) is 7.61. The van der Waals surface area contributed by atoms with Crippen molar-refractivity contribution in [3.8, 4) is 0 Å². The van der Waals surface area contributed by atoms with Gasteiger partial charge in [0.05, 0.1) is 17.7 Å². The molecule has 6 N–H and O–H groups in total. The number of amidine groups is 1. The van der Waals surface area contributed by atoms with E-state index in [0.29, 0.717) is 29.5 Å². The lowest BCUT2D eigenvalue weighted by Crippen LogP contribution is -2.29. The van der Waals surface area contributed by atoms with Crippen molar-refractivity contribution >= 4 is 24.2 Å². The van der Waals surface area contributed by atoms with Crippen molar-refractivity contribution in [2.24, 2.45) is 21.6 Å². The van der Waals surface area contributed by atoms with E-state index in [0.717, 1.165) is 31.2 Å². The van der Waals surface area contributed by atoms with Gasteiger partial charge < -0.3 is 26.2 Å². The van der Waals surface area contributed by atoms with Gasteiger partial charge in [0.2, 0.25) is 0 Å². The minimum atomic E-state index is -0.859. The molecule has 1 fully saturated rings. The first-order chi connectivity index (χ1) is 14.0. The monoisotopic (exact) mass is 398 g/mol. The number of aliphatic hydroxyl groups is 2. The number of rotatable bonds is 8. The number of nitrogens with two attached hydrogens (primary N) is 2. The zero-order valence-electron chi connectivity index (χ0n) is 16.8. The van der Waals surface area contributed by atoms with Crippen molar-refractivity contribution in [3.63, 3.8) is 0 Å². The lowest BCUT2D eigenvalue weighted by molar-refractivity contribution is 0.00478. The summed E-state index contributed by atoms with van der Waals surface area (Å²) < 4.78 is 1.86. The highest BCUT2D eigenvalue weighted by atomic mass is 16.3. The van der Waals surface area contributed by atoms with Crippen molar-refractivity contribution in [2.45, 2.75) is 50.4 Å². The first-order valence-electron chi connectivity index (χ1n) is 9.93. The maximum atomic E-state index is 10.7. The fourth-order valence-corrected chi connectivity index (χ4v) is 4.18. The molecule has 156 valence electrons. The molecule has 0 unspecified atom stereocenters. The lowest BCUT2D eigenvalue weighted by Gasteiger charge is -2.20. The Labute approximate surface area is 171 Å². The van der Waals surface area contributed by atoms with Gasteiger partial charge in [-0.1, -0.05) is 12.5 Å². The van der Waals surface area contributed by atoms with Gasteiger partial charge in [0.1, 0.15) is 23.6 Å². The molecule has 0 bridgehead atoms. The van der Waals surface area contributed by atoms with Crippen molar-refractivity contribution in [1.82, 2.24) is 9.55 Å². The Kier molecular flexibility index (Phi) is 6.66. The number of aliphatic imine (C=N–C) groups is 2. The molecule has 0 radical (unpaired) electrons. The first-order valence-corrected chi connectivity index (χ1v) is 9.93. The van der Waals surface area contributed by atoms with Gasteiger partial charge >= 0.3 is 0 Å². The third-order valence-electron chi connectivity index (χ3n) is 5.82. The average Bonchev–Trinajstić information content (AvgIpc) is 3.27. The lowest BCUT2D eigenvalue weighted by atomic mass is 9.96. The van der Waals surface area contributed by atoms with E-state index in [9.17, 15) is 10.2 Å². The summed E-state index contributed by atoms with van der Waals surface area (Å²) in [5.41, 5.74) is 13.4. The van der Waals surface area contributed by atoms with Crippen LogP contribution in [-0.2, 0) is 6.42 Å². The highest BCUT2D eigenvalue weighted by Crippen LogP contribution is 2.41. The number of unbranched alkanes of at least 4 members (excludes halogenated alkanes) is 1. The Hall–Kier alpha value is -2.71. The van der Waals surface area contributed by atoms with E-state index in [4.69, 9.17) is 11.5 Å². The highest BCUT2D eigenvalue weighted by Gasteiger charge is 2.42.